The first-order valence-corrected chi connectivity index (χ1v) is 10.8. The highest BCUT2D eigenvalue weighted by Crippen LogP contribution is 2.33. The Labute approximate surface area is 200 Å². The van der Waals surface area contributed by atoms with Gasteiger partial charge in [0.2, 0.25) is 0 Å². The summed E-state index contributed by atoms with van der Waals surface area (Å²) < 4.78 is 51.0. The van der Waals surface area contributed by atoms with Crippen LogP contribution in [0.3, 0.4) is 0 Å². The zero-order valence-corrected chi connectivity index (χ0v) is 20.1. The van der Waals surface area contributed by atoms with Crippen LogP contribution in [0.5, 0.6) is 0 Å². The molecular formula is C25H27F3N2O5. The number of hydrogen-bond acceptors (Lipinski definition) is 6. The predicted octanol–water partition coefficient (Wildman–Crippen LogP) is 4.95. The third kappa shape index (κ3) is 6.62. The number of rotatable bonds is 4. The molecule has 1 amide bonds. The lowest BCUT2D eigenvalue weighted by atomic mass is 10.0. The van der Waals surface area contributed by atoms with Crippen LogP contribution >= 0.6 is 0 Å². The fourth-order valence-corrected chi connectivity index (χ4v) is 3.02. The van der Waals surface area contributed by atoms with Crippen molar-refractivity contribution in [3.05, 3.63) is 63.8 Å². The van der Waals surface area contributed by atoms with Gasteiger partial charge in [0.1, 0.15) is 23.3 Å². The maximum absolute atomic E-state index is 13.7. The van der Waals surface area contributed by atoms with Crippen molar-refractivity contribution in [1.82, 2.24) is 5.32 Å². The first kappa shape index (κ1) is 27.4. The van der Waals surface area contributed by atoms with E-state index in [2.05, 4.69) is 19.2 Å². The molecule has 1 aromatic heterocycles. The van der Waals surface area contributed by atoms with E-state index in [1.807, 2.05) is 0 Å². The molecule has 0 radical (unpaired) electrons. The van der Waals surface area contributed by atoms with Crippen LogP contribution in [-0.4, -0.2) is 24.0 Å². The van der Waals surface area contributed by atoms with Gasteiger partial charge >= 0.3 is 11.6 Å². The SMILES string of the molecule is CC(C)(C)OC(=O)CNC(=O)c1c(N)c2cccc(-c3cc(F)c(F)c(F)c3)c2oc1=O.CCC. The number of nitrogens with two attached hydrogens (primary N) is 1. The molecule has 0 saturated heterocycles. The molecule has 3 aromatic rings. The summed E-state index contributed by atoms with van der Waals surface area (Å²) in [5.74, 6) is -6.18. The zero-order chi connectivity index (χ0) is 26.5. The second-order valence-corrected chi connectivity index (χ2v) is 8.59. The van der Waals surface area contributed by atoms with Gasteiger partial charge in [-0.15, -0.1) is 0 Å². The number of nitrogens with one attached hydrogen (secondary N) is 1. The van der Waals surface area contributed by atoms with E-state index in [0.29, 0.717) is 0 Å². The number of carbonyl (C=O) groups excluding carboxylic acids is 2. The number of anilines is 1. The smallest absolute Gasteiger partial charge is 0.351 e. The number of halogens is 3. The number of ether oxygens (including phenoxy) is 1. The summed E-state index contributed by atoms with van der Waals surface area (Å²) in [5.41, 5.74) is 3.12. The quantitative estimate of drug-likeness (QED) is 0.303. The summed E-state index contributed by atoms with van der Waals surface area (Å²) in [6.45, 7) is 8.69. The number of benzene rings is 2. The Morgan fingerprint density at radius 3 is 2.20 bits per heavy atom. The molecular weight excluding hydrogens is 465 g/mol. The van der Waals surface area contributed by atoms with Gasteiger partial charge in [0.15, 0.2) is 17.5 Å². The molecule has 1 heterocycles. The lowest BCUT2D eigenvalue weighted by Gasteiger charge is -2.19. The van der Waals surface area contributed by atoms with E-state index in [1.165, 1.54) is 24.6 Å². The highest BCUT2D eigenvalue weighted by atomic mass is 19.2. The molecule has 3 N–H and O–H groups in total. The summed E-state index contributed by atoms with van der Waals surface area (Å²) in [5, 5.41) is 2.35. The van der Waals surface area contributed by atoms with Gasteiger partial charge in [0.25, 0.3) is 5.91 Å². The number of amides is 1. The third-order valence-electron chi connectivity index (χ3n) is 4.31. The Balaban J connectivity index is 0.00000137. The minimum Gasteiger partial charge on any atom is -0.459 e. The topological polar surface area (TPSA) is 112 Å². The van der Waals surface area contributed by atoms with Crippen LogP contribution in [0.25, 0.3) is 22.1 Å². The first-order valence-electron chi connectivity index (χ1n) is 10.8. The van der Waals surface area contributed by atoms with E-state index in [0.717, 1.165) is 12.1 Å². The molecule has 0 fully saturated rings. The molecule has 35 heavy (non-hydrogen) atoms. The van der Waals surface area contributed by atoms with E-state index in [4.69, 9.17) is 14.9 Å². The lowest BCUT2D eigenvalue weighted by Crippen LogP contribution is -2.36. The van der Waals surface area contributed by atoms with Crippen LogP contribution in [0.2, 0.25) is 0 Å². The van der Waals surface area contributed by atoms with E-state index in [-0.39, 0.29) is 27.8 Å². The molecule has 0 bridgehead atoms. The van der Waals surface area contributed by atoms with Crippen molar-refractivity contribution in [2.45, 2.75) is 46.6 Å². The van der Waals surface area contributed by atoms with Crippen molar-refractivity contribution in [3.8, 4) is 11.1 Å². The van der Waals surface area contributed by atoms with Crippen LogP contribution in [0.15, 0.2) is 39.5 Å². The summed E-state index contributed by atoms with van der Waals surface area (Å²) in [6.07, 6.45) is 1.25. The van der Waals surface area contributed by atoms with Gasteiger partial charge in [-0.2, -0.15) is 0 Å². The first-order chi connectivity index (χ1) is 16.3. The highest BCUT2D eigenvalue weighted by molar-refractivity contribution is 6.08. The molecule has 0 aliphatic carbocycles. The molecule has 10 heteroatoms. The average Bonchev–Trinajstić information content (AvgIpc) is 2.75. The summed E-state index contributed by atoms with van der Waals surface area (Å²) in [7, 11) is 0. The van der Waals surface area contributed by atoms with Crippen LogP contribution < -0.4 is 16.7 Å². The fraction of sp³-hybridized carbons (Fsp3) is 0.320. The summed E-state index contributed by atoms with van der Waals surface area (Å²) in [6, 6.07) is 5.75. The Morgan fingerprint density at radius 1 is 1.09 bits per heavy atom. The molecule has 0 aliphatic rings. The lowest BCUT2D eigenvalue weighted by molar-refractivity contribution is -0.153. The van der Waals surface area contributed by atoms with Gasteiger partial charge in [-0.1, -0.05) is 32.4 Å². The van der Waals surface area contributed by atoms with E-state index in [9.17, 15) is 27.6 Å². The third-order valence-corrected chi connectivity index (χ3v) is 4.31. The molecule has 3 rings (SSSR count). The molecule has 0 saturated carbocycles. The normalized spacial score (nSPS) is 11.0. The van der Waals surface area contributed by atoms with Crippen molar-refractivity contribution < 1.29 is 31.9 Å². The minimum atomic E-state index is -1.64. The molecule has 2 aromatic carbocycles. The van der Waals surface area contributed by atoms with Crippen LogP contribution in [0.1, 0.15) is 51.4 Å². The zero-order valence-electron chi connectivity index (χ0n) is 20.1. The summed E-state index contributed by atoms with van der Waals surface area (Å²) >= 11 is 0. The number of nitrogen functional groups attached to an aromatic ring is 1. The van der Waals surface area contributed by atoms with Gasteiger partial charge in [-0.05, 0) is 44.5 Å². The molecule has 0 unspecified atom stereocenters. The Morgan fingerprint density at radius 2 is 1.66 bits per heavy atom. The number of para-hydroxylation sites is 1. The van der Waals surface area contributed by atoms with Gasteiger partial charge in [-0.3, -0.25) is 9.59 Å². The largest absolute Gasteiger partial charge is 0.459 e. The van der Waals surface area contributed by atoms with Gasteiger partial charge in [0, 0.05) is 10.9 Å². The Hall–Kier alpha value is -3.82. The van der Waals surface area contributed by atoms with Crippen molar-refractivity contribution >= 4 is 28.5 Å². The van der Waals surface area contributed by atoms with Gasteiger partial charge < -0.3 is 20.2 Å². The average molecular weight is 492 g/mol. The Bertz CT molecular complexity index is 1290. The number of hydrogen-bond donors (Lipinski definition) is 2. The number of esters is 1. The Kier molecular flexibility index (Phi) is 8.67. The molecule has 0 atom stereocenters. The van der Waals surface area contributed by atoms with E-state index >= 15 is 0 Å². The van der Waals surface area contributed by atoms with E-state index < -0.39 is 52.7 Å². The standard InChI is InChI=1S/C22H19F3N2O5.C3H8/c1-22(2,3)32-15(28)9-27-20(29)16-18(26)12-6-4-5-11(19(12)31-21(16)30)10-7-13(23)17(25)14(24)8-10;1-3-2/h4-8H,9,26H2,1-3H3,(H,27,29);3H2,1-2H3. The fourth-order valence-electron chi connectivity index (χ4n) is 3.02. The molecule has 0 spiro atoms. The number of carbonyl (C=O) groups is 2. The molecule has 0 aliphatic heterocycles. The van der Waals surface area contributed by atoms with Gasteiger partial charge in [-0.25, -0.2) is 18.0 Å². The van der Waals surface area contributed by atoms with Crippen molar-refractivity contribution in [2.75, 3.05) is 12.3 Å². The predicted molar refractivity (Wildman–Crippen MR) is 126 cm³/mol. The van der Waals surface area contributed by atoms with Crippen LogP contribution in [0.4, 0.5) is 18.9 Å². The van der Waals surface area contributed by atoms with E-state index in [1.54, 1.807) is 20.8 Å². The van der Waals surface area contributed by atoms with Crippen molar-refractivity contribution in [2.24, 2.45) is 0 Å². The second kappa shape index (κ2) is 11.1. The highest BCUT2D eigenvalue weighted by Gasteiger charge is 2.23. The maximum atomic E-state index is 13.7. The molecule has 7 nitrogen and oxygen atoms in total. The monoisotopic (exact) mass is 492 g/mol. The van der Waals surface area contributed by atoms with Crippen LogP contribution in [0, 0.1) is 17.5 Å². The number of fused-ring (bicyclic) bond motifs is 1. The minimum absolute atomic E-state index is 0.0600. The van der Waals surface area contributed by atoms with Crippen molar-refractivity contribution in [3.63, 3.8) is 0 Å². The second-order valence-electron chi connectivity index (χ2n) is 8.59. The maximum Gasteiger partial charge on any atom is 0.351 e. The summed E-state index contributed by atoms with van der Waals surface area (Å²) in [4.78, 5) is 36.8. The molecule has 188 valence electrons. The van der Waals surface area contributed by atoms with Crippen molar-refractivity contribution in [1.29, 1.82) is 0 Å². The van der Waals surface area contributed by atoms with Gasteiger partial charge in [0.05, 0.1) is 5.69 Å². The van der Waals surface area contributed by atoms with Crippen LogP contribution in [-0.2, 0) is 9.53 Å².